The van der Waals surface area contributed by atoms with Crippen molar-refractivity contribution < 1.29 is 9.21 Å². The van der Waals surface area contributed by atoms with Crippen molar-refractivity contribution in [3.8, 4) is 0 Å². The van der Waals surface area contributed by atoms with Crippen molar-refractivity contribution in [2.24, 2.45) is 0 Å². The zero-order valence-corrected chi connectivity index (χ0v) is 10.7. The summed E-state index contributed by atoms with van der Waals surface area (Å²) < 4.78 is 5.20. The summed E-state index contributed by atoms with van der Waals surface area (Å²) in [7, 11) is 0. The molecule has 0 atom stereocenters. The average Bonchev–Trinajstić information content (AvgIpc) is 2.95. The van der Waals surface area contributed by atoms with Gasteiger partial charge in [-0.2, -0.15) is 0 Å². The number of H-pyrrole nitrogens is 1. The first-order valence-electron chi connectivity index (χ1n) is 5.95. The van der Waals surface area contributed by atoms with Gasteiger partial charge < -0.3 is 14.7 Å². The number of hydrogen-bond donors (Lipinski definition) is 2. The maximum Gasteiger partial charge on any atom is 0.311 e. The Bertz CT molecular complexity index is 755. The van der Waals surface area contributed by atoms with E-state index in [1.165, 1.54) is 6.20 Å². The van der Waals surface area contributed by atoms with E-state index in [1.807, 2.05) is 31.2 Å². The Balaban J connectivity index is 1.95. The molecule has 0 bridgehead atoms. The fourth-order valence-corrected chi connectivity index (χ4v) is 2.04. The first-order chi connectivity index (χ1) is 9.13. The van der Waals surface area contributed by atoms with Gasteiger partial charge in [0.25, 0.3) is 5.89 Å². The molecule has 96 valence electrons. The molecule has 3 rings (SSSR count). The molecule has 19 heavy (non-hydrogen) atoms. The summed E-state index contributed by atoms with van der Waals surface area (Å²) in [6.07, 6.45) is 1.52. The Morgan fingerprint density at radius 1 is 1.37 bits per heavy atom. The highest BCUT2D eigenvalue weighted by Crippen LogP contribution is 2.23. The summed E-state index contributed by atoms with van der Waals surface area (Å²) in [5.41, 5.74) is 2.66. The lowest BCUT2D eigenvalue weighted by atomic mass is 10.2. The van der Waals surface area contributed by atoms with Crippen LogP contribution in [0.25, 0.3) is 10.9 Å². The lowest BCUT2D eigenvalue weighted by Gasteiger charge is -2.04. The van der Waals surface area contributed by atoms with E-state index in [0.29, 0.717) is 11.4 Å². The van der Waals surface area contributed by atoms with Crippen LogP contribution in [0.15, 0.2) is 34.9 Å². The van der Waals surface area contributed by atoms with Crippen LogP contribution < -0.4 is 5.32 Å². The lowest BCUT2D eigenvalue weighted by molar-refractivity contribution is 0.0989. The van der Waals surface area contributed by atoms with Crippen molar-refractivity contribution in [3.05, 3.63) is 47.8 Å². The number of nitrogens with zero attached hydrogens (tertiary/aromatic N) is 1. The van der Waals surface area contributed by atoms with Gasteiger partial charge in [-0.05, 0) is 26.0 Å². The SMILES string of the molecule is Cc1cc2cccc(NC(=O)c3ncc(C)o3)c2[nH]1. The molecule has 0 aliphatic carbocycles. The minimum absolute atomic E-state index is 0.0674. The Morgan fingerprint density at radius 3 is 2.95 bits per heavy atom. The number of rotatable bonds is 2. The predicted molar refractivity (Wildman–Crippen MR) is 72.2 cm³/mol. The van der Waals surface area contributed by atoms with Gasteiger partial charge in [0, 0.05) is 11.1 Å². The van der Waals surface area contributed by atoms with Gasteiger partial charge in [0.2, 0.25) is 0 Å². The Labute approximate surface area is 109 Å². The number of fused-ring (bicyclic) bond motifs is 1. The molecule has 0 aliphatic heterocycles. The van der Waals surface area contributed by atoms with Crippen LogP contribution >= 0.6 is 0 Å². The normalized spacial score (nSPS) is 10.8. The van der Waals surface area contributed by atoms with Gasteiger partial charge in [-0.3, -0.25) is 4.79 Å². The number of amides is 1. The van der Waals surface area contributed by atoms with E-state index in [1.54, 1.807) is 6.92 Å². The zero-order chi connectivity index (χ0) is 13.4. The Hall–Kier alpha value is -2.56. The van der Waals surface area contributed by atoms with Gasteiger partial charge in [-0.1, -0.05) is 12.1 Å². The highest BCUT2D eigenvalue weighted by Gasteiger charge is 2.14. The number of oxazole rings is 1. The number of aromatic amines is 1. The quantitative estimate of drug-likeness (QED) is 0.739. The van der Waals surface area contributed by atoms with Crippen LogP contribution in [-0.2, 0) is 0 Å². The zero-order valence-electron chi connectivity index (χ0n) is 10.7. The molecular weight excluding hydrogens is 242 g/mol. The summed E-state index contributed by atoms with van der Waals surface area (Å²) >= 11 is 0. The summed E-state index contributed by atoms with van der Waals surface area (Å²) in [5, 5.41) is 3.86. The first-order valence-corrected chi connectivity index (χ1v) is 5.95. The number of anilines is 1. The monoisotopic (exact) mass is 255 g/mol. The molecule has 0 unspecified atom stereocenters. The highest BCUT2D eigenvalue weighted by molar-refractivity contribution is 6.06. The number of hydrogen-bond acceptors (Lipinski definition) is 3. The Kier molecular flexibility index (Phi) is 2.59. The molecule has 2 heterocycles. The molecule has 2 aromatic heterocycles. The van der Waals surface area contributed by atoms with E-state index in [2.05, 4.69) is 15.3 Å². The third-order valence-electron chi connectivity index (χ3n) is 2.85. The molecular formula is C14H13N3O2. The number of carbonyl (C=O) groups is 1. The summed E-state index contributed by atoms with van der Waals surface area (Å²) in [5.74, 6) is 0.324. The molecule has 5 heteroatoms. The van der Waals surface area contributed by atoms with E-state index >= 15 is 0 Å². The second kappa shape index (κ2) is 4.28. The van der Waals surface area contributed by atoms with Gasteiger partial charge >= 0.3 is 5.91 Å². The van der Waals surface area contributed by atoms with Crippen molar-refractivity contribution in [2.45, 2.75) is 13.8 Å². The molecule has 0 spiro atoms. The van der Waals surface area contributed by atoms with Crippen molar-refractivity contribution in [3.63, 3.8) is 0 Å². The van der Waals surface area contributed by atoms with Crippen molar-refractivity contribution in [2.75, 3.05) is 5.32 Å². The third kappa shape index (κ3) is 2.10. The van der Waals surface area contributed by atoms with Crippen molar-refractivity contribution in [1.29, 1.82) is 0 Å². The maximum absolute atomic E-state index is 12.0. The van der Waals surface area contributed by atoms with Crippen LogP contribution in [0.3, 0.4) is 0 Å². The molecule has 1 aromatic carbocycles. The van der Waals surface area contributed by atoms with Crippen LogP contribution in [0.2, 0.25) is 0 Å². The first kappa shape index (κ1) is 11.5. The van der Waals surface area contributed by atoms with Crippen molar-refractivity contribution in [1.82, 2.24) is 9.97 Å². The van der Waals surface area contributed by atoms with Gasteiger partial charge in [0.1, 0.15) is 5.76 Å². The van der Waals surface area contributed by atoms with E-state index in [-0.39, 0.29) is 11.8 Å². The smallest absolute Gasteiger partial charge is 0.311 e. The van der Waals surface area contributed by atoms with E-state index in [9.17, 15) is 4.79 Å². The van der Waals surface area contributed by atoms with Crippen LogP contribution in [-0.4, -0.2) is 15.9 Å². The maximum atomic E-state index is 12.0. The number of aromatic nitrogens is 2. The standard InChI is InChI=1S/C14H13N3O2/c1-8-6-10-4-3-5-11(12(10)16-8)17-13(18)14-15-7-9(2)19-14/h3-7,16H,1-2H3,(H,17,18). The van der Waals surface area contributed by atoms with Crippen LogP contribution in [0.5, 0.6) is 0 Å². The summed E-state index contributed by atoms with van der Waals surface area (Å²) in [6, 6.07) is 7.75. The summed E-state index contributed by atoms with van der Waals surface area (Å²) in [6.45, 7) is 3.72. The molecule has 3 aromatic rings. The number of aryl methyl sites for hydroxylation is 2. The molecule has 0 aliphatic rings. The molecule has 5 nitrogen and oxygen atoms in total. The predicted octanol–water partition coefficient (Wildman–Crippen LogP) is 3.03. The second-order valence-corrected chi connectivity index (χ2v) is 4.45. The largest absolute Gasteiger partial charge is 0.438 e. The average molecular weight is 255 g/mol. The molecule has 2 N–H and O–H groups in total. The minimum Gasteiger partial charge on any atom is -0.438 e. The topological polar surface area (TPSA) is 70.9 Å². The number of benzene rings is 1. The molecule has 0 saturated carbocycles. The number of carbonyl (C=O) groups excluding carboxylic acids is 1. The van der Waals surface area contributed by atoms with Crippen LogP contribution in [0.1, 0.15) is 22.1 Å². The van der Waals surface area contributed by atoms with Gasteiger partial charge in [-0.15, -0.1) is 0 Å². The van der Waals surface area contributed by atoms with E-state index in [0.717, 1.165) is 16.6 Å². The lowest BCUT2D eigenvalue weighted by Crippen LogP contribution is -2.12. The number of nitrogens with one attached hydrogen (secondary N) is 2. The molecule has 0 fully saturated rings. The highest BCUT2D eigenvalue weighted by atomic mass is 16.4. The van der Waals surface area contributed by atoms with Gasteiger partial charge in [0.15, 0.2) is 0 Å². The van der Waals surface area contributed by atoms with Gasteiger partial charge in [0.05, 0.1) is 17.4 Å². The minimum atomic E-state index is -0.354. The number of para-hydroxylation sites is 1. The van der Waals surface area contributed by atoms with Crippen LogP contribution in [0, 0.1) is 13.8 Å². The Morgan fingerprint density at radius 2 is 2.21 bits per heavy atom. The van der Waals surface area contributed by atoms with E-state index in [4.69, 9.17) is 4.42 Å². The molecule has 1 amide bonds. The molecule has 0 radical (unpaired) electrons. The van der Waals surface area contributed by atoms with Gasteiger partial charge in [-0.25, -0.2) is 4.98 Å². The third-order valence-corrected chi connectivity index (χ3v) is 2.85. The second-order valence-electron chi connectivity index (χ2n) is 4.45. The molecule has 0 saturated heterocycles. The fourth-order valence-electron chi connectivity index (χ4n) is 2.04. The van der Waals surface area contributed by atoms with Crippen LogP contribution in [0.4, 0.5) is 5.69 Å². The summed E-state index contributed by atoms with van der Waals surface area (Å²) in [4.78, 5) is 19.1. The van der Waals surface area contributed by atoms with Crippen molar-refractivity contribution >= 4 is 22.5 Å². The van der Waals surface area contributed by atoms with E-state index < -0.39 is 0 Å². The fraction of sp³-hybridized carbons (Fsp3) is 0.143.